The third-order valence-electron chi connectivity index (χ3n) is 4.26. The number of pyridine rings is 1. The van der Waals surface area contributed by atoms with E-state index in [1.165, 1.54) is 0 Å². The predicted octanol–water partition coefficient (Wildman–Crippen LogP) is 1.66. The van der Waals surface area contributed by atoms with E-state index in [0.717, 1.165) is 32.1 Å². The van der Waals surface area contributed by atoms with E-state index < -0.39 is 10.2 Å². The third kappa shape index (κ3) is 3.59. The highest BCUT2D eigenvalue weighted by atomic mass is 32.2. The zero-order valence-electron chi connectivity index (χ0n) is 12.7. The molecule has 2 aliphatic heterocycles. The van der Waals surface area contributed by atoms with Crippen molar-refractivity contribution in [2.24, 2.45) is 0 Å². The average Bonchev–Trinajstić information content (AvgIpc) is 2.82. The van der Waals surface area contributed by atoms with Crippen LogP contribution in [0.3, 0.4) is 0 Å². The van der Waals surface area contributed by atoms with Gasteiger partial charge in [-0.25, -0.2) is 0 Å². The molecule has 2 fully saturated rings. The molecule has 6 nitrogen and oxygen atoms in total. The first-order valence-electron chi connectivity index (χ1n) is 7.98. The van der Waals surface area contributed by atoms with Crippen LogP contribution in [0.5, 0.6) is 5.75 Å². The van der Waals surface area contributed by atoms with Crippen molar-refractivity contribution in [3.8, 4) is 5.75 Å². The van der Waals surface area contributed by atoms with E-state index in [9.17, 15) is 8.42 Å². The molecule has 0 unspecified atom stereocenters. The molecule has 1 atom stereocenters. The average molecular weight is 325 g/mol. The summed E-state index contributed by atoms with van der Waals surface area (Å²) in [5, 5.41) is 0. The maximum Gasteiger partial charge on any atom is 0.282 e. The van der Waals surface area contributed by atoms with Crippen LogP contribution >= 0.6 is 0 Å². The quantitative estimate of drug-likeness (QED) is 0.844. The lowest BCUT2D eigenvalue weighted by atomic mass is 10.2. The van der Waals surface area contributed by atoms with Crippen LogP contribution in [0.15, 0.2) is 24.5 Å². The fourth-order valence-corrected chi connectivity index (χ4v) is 4.79. The van der Waals surface area contributed by atoms with Crippen LogP contribution in [0, 0.1) is 0 Å². The van der Waals surface area contributed by atoms with Gasteiger partial charge in [0.05, 0.1) is 12.7 Å². The Kier molecular flexibility index (Phi) is 4.95. The molecule has 0 aromatic carbocycles. The summed E-state index contributed by atoms with van der Waals surface area (Å²) in [5.74, 6) is 0.696. The maximum atomic E-state index is 12.7. The normalized spacial score (nSPS) is 25.0. The first-order valence-corrected chi connectivity index (χ1v) is 9.38. The third-order valence-corrected chi connectivity index (χ3v) is 6.26. The summed E-state index contributed by atoms with van der Waals surface area (Å²) >= 11 is 0. The maximum absolute atomic E-state index is 12.7. The van der Waals surface area contributed by atoms with Crippen LogP contribution in [0.2, 0.25) is 0 Å². The minimum absolute atomic E-state index is 0.0917. The van der Waals surface area contributed by atoms with Gasteiger partial charge in [0.2, 0.25) is 0 Å². The van der Waals surface area contributed by atoms with Gasteiger partial charge in [-0.3, -0.25) is 4.98 Å². The number of ether oxygens (including phenoxy) is 1. The standard InChI is InChI=1S/C15H23N3O3S/c19-22(20,17-9-3-1-2-4-10-17)18-11-7-15(13-18)21-14-6-5-8-16-12-14/h5-6,8,12,15H,1-4,7,9-11,13H2/t15-/m1/s1. The van der Waals surface area contributed by atoms with E-state index in [1.54, 1.807) is 21.0 Å². The molecule has 0 amide bonds. The zero-order chi connectivity index (χ0) is 15.4. The molecule has 0 N–H and O–H groups in total. The van der Waals surface area contributed by atoms with Crippen LogP contribution in [0.4, 0.5) is 0 Å². The second kappa shape index (κ2) is 6.93. The summed E-state index contributed by atoms with van der Waals surface area (Å²) < 4.78 is 34.5. The highest BCUT2D eigenvalue weighted by Crippen LogP contribution is 2.23. The summed E-state index contributed by atoms with van der Waals surface area (Å²) in [4.78, 5) is 4.01. The minimum Gasteiger partial charge on any atom is -0.487 e. The van der Waals surface area contributed by atoms with Crippen molar-refractivity contribution < 1.29 is 13.2 Å². The first kappa shape index (κ1) is 15.7. The Hall–Kier alpha value is -1.18. The Morgan fingerprint density at radius 1 is 1.09 bits per heavy atom. The molecule has 0 spiro atoms. The van der Waals surface area contributed by atoms with Crippen molar-refractivity contribution in [2.75, 3.05) is 26.2 Å². The molecule has 0 saturated carbocycles. The fraction of sp³-hybridized carbons (Fsp3) is 0.667. The molecule has 22 heavy (non-hydrogen) atoms. The van der Waals surface area contributed by atoms with E-state index in [4.69, 9.17) is 4.74 Å². The highest BCUT2D eigenvalue weighted by molar-refractivity contribution is 7.86. The molecular weight excluding hydrogens is 302 g/mol. The van der Waals surface area contributed by atoms with Crippen LogP contribution in [-0.4, -0.2) is 54.3 Å². The van der Waals surface area contributed by atoms with E-state index in [-0.39, 0.29) is 6.10 Å². The van der Waals surface area contributed by atoms with E-state index >= 15 is 0 Å². The van der Waals surface area contributed by atoms with Crippen molar-refractivity contribution in [1.29, 1.82) is 0 Å². The topological polar surface area (TPSA) is 62.7 Å². The summed E-state index contributed by atoms with van der Waals surface area (Å²) in [6.45, 7) is 2.25. The fourth-order valence-electron chi connectivity index (χ4n) is 3.05. The number of rotatable bonds is 4. The Morgan fingerprint density at radius 2 is 1.86 bits per heavy atom. The van der Waals surface area contributed by atoms with Gasteiger partial charge >= 0.3 is 0 Å². The lowest BCUT2D eigenvalue weighted by Gasteiger charge is -2.26. The largest absolute Gasteiger partial charge is 0.487 e. The minimum atomic E-state index is -3.34. The smallest absolute Gasteiger partial charge is 0.282 e. The molecule has 0 bridgehead atoms. The highest BCUT2D eigenvalue weighted by Gasteiger charge is 2.36. The number of aromatic nitrogens is 1. The zero-order valence-corrected chi connectivity index (χ0v) is 13.5. The van der Waals surface area contributed by atoms with Gasteiger partial charge in [-0.1, -0.05) is 12.8 Å². The van der Waals surface area contributed by atoms with Crippen LogP contribution in [-0.2, 0) is 10.2 Å². The molecule has 3 heterocycles. The summed E-state index contributed by atoms with van der Waals surface area (Å²) in [5.41, 5.74) is 0. The number of hydrogen-bond acceptors (Lipinski definition) is 4. The van der Waals surface area contributed by atoms with Gasteiger partial charge in [0.15, 0.2) is 0 Å². The molecule has 0 radical (unpaired) electrons. The van der Waals surface area contributed by atoms with E-state index in [1.807, 2.05) is 12.1 Å². The second-order valence-corrected chi connectivity index (χ2v) is 7.82. The van der Waals surface area contributed by atoms with E-state index in [2.05, 4.69) is 4.98 Å². The molecule has 0 aliphatic carbocycles. The number of hydrogen-bond donors (Lipinski definition) is 0. The molecule has 7 heteroatoms. The summed E-state index contributed by atoms with van der Waals surface area (Å²) in [6, 6.07) is 3.66. The first-order chi connectivity index (χ1) is 10.7. The van der Waals surface area contributed by atoms with Crippen molar-refractivity contribution in [3.05, 3.63) is 24.5 Å². The van der Waals surface area contributed by atoms with Crippen LogP contribution in [0.25, 0.3) is 0 Å². The Morgan fingerprint density at radius 3 is 2.55 bits per heavy atom. The predicted molar refractivity (Wildman–Crippen MR) is 83.8 cm³/mol. The van der Waals surface area contributed by atoms with E-state index in [0.29, 0.717) is 31.9 Å². The Balaban J connectivity index is 1.61. The number of nitrogens with zero attached hydrogens (tertiary/aromatic N) is 3. The molecule has 1 aromatic rings. The van der Waals surface area contributed by atoms with Crippen molar-refractivity contribution in [1.82, 2.24) is 13.6 Å². The molecule has 2 saturated heterocycles. The van der Waals surface area contributed by atoms with Crippen molar-refractivity contribution >= 4 is 10.2 Å². The monoisotopic (exact) mass is 325 g/mol. The van der Waals surface area contributed by atoms with Gasteiger partial charge in [0.1, 0.15) is 11.9 Å². The molecule has 1 aromatic heterocycles. The van der Waals surface area contributed by atoms with Crippen LogP contribution in [0.1, 0.15) is 32.1 Å². The SMILES string of the molecule is O=S(=O)(N1CCCCCC1)N1CC[C@@H](Oc2cccnc2)C1. The molecular formula is C15H23N3O3S. The molecule has 3 rings (SSSR count). The van der Waals surface area contributed by atoms with Gasteiger partial charge in [-0.05, 0) is 31.4 Å². The van der Waals surface area contributed by atoms with Gasteiger partial charge < -0.3 is 4.74 Å². The molecule has 2 aliphatic rings. The molecule has 122 valence electrons. The second-order valence-electron chi connectivity index (χ2n) is 5.90. The van der Waals surface area contributed by atoms with Gasteiger partial charge in [0.25, 0.3) is 10.2 Å². The van der Waals surface area contributed by atoms with Gasteiger partial charge in [-0.2, -0.15) is 17.0 Å². The van der Waals surface area contributed by atoms with Gasteiger partial charge in [0, 0.05) is 25.8 Å². The van der Waals surface area contributed by atoms with Crippen molar-refractivity contribution in [3.63, 3.8) is 0 Å². The van der Waals surface area contributed by atoms with Gasteiger partial charge in [-0.15, -0.1) is 0 Å². The lowest BCUT2D eigenvalue weighted by molar-refractivity contribution is 0.213. The van der Waals surface area contributed by atoms with Crippen molar-refractivity contribution in [2.45, 2.75) is 38.2 Å². The summed E-state index contributed by atoms with van der Waals surface area (Å²) in [6.07, 6.45) is 8.15. The lowest BCUT2D eigenvalue weighted by Crippen LogP contribution is -2.43. The Bertz CT molecular complexity index is 571. The van der Waals surface area contributed by atoms with Crippen LogP contribution < -0.4 is 4.74 Å². The summed E-state index contributed by atoms with van der Waals surface area (Å²) in [7, 11) is -3.34. The Labute approximate surface area is 132 Å².